The fourth-order valence-corrected chi connectivity index (χ4v) is 11.6. The van der Waals surface area contributed by atoms with E-state index in [-0.39, 0.29) is 32.0 Å². The van der Waals surface area contributed by atoms with Crippen LogP contribution in [0.4, 0.5) is 0 Å². The number of unbranched alkanes of at least 4 members (excludes halogenated alkanes) is 34. The fourth-order valence-electron chi connectivity index (χ4n) is 10.8. The van der Waals surface area contributed by atoms with E-state index in [1.807, 2.05) is 21.1 Å². The monoisotopic (exact) mass is 1350 g/mol. The molecular formula is C86H148NO8P. The van der Waals surface area contributed by atoms with Crippen LogP contribution in [0.1, 0.15) is 335 Å². The molecule has 0 aromatic heterocycles. The van der Waals surface area contributed by atoms with Gasteiger partial charge in [0.1, 0.15) is 19.8 Å². The average molecular weight is 1360 g/mol. The second-order valence-corrected chi connectivity index (χ2v) is 28.8. The number of quaternary nitrogens is 1. The van der Waals surface area contributed by atoms with Crippen LogP contribution in [-0.2, 0) is 32.7 Å². The maximum Gasteiger partial charge on any atom is 0.306 e. The molecule has 0 aromatic rings. The number of likely N-dealkylation sites (N-methyl/N-ethyl adjacent to an activating group) is 1. The molecule has 0 aliphatic heterocycles. The Kier molecular flexibility index (Phi) is 71.9. The van der Waals surface area contributed by atoms with Crippen LogP contribution >= 0.6 is 7.82 Å². The van der Waals surface area contributed by atoms with Gasteiger partial charge in [-0.2, -0.15) is 0 Å². The van der Waals surface area contributed by atoms with E-state index in [4.69, 9.17) is 18.5 Å². The Morgan fingerprint density at radius 2 is 0.594 bits per heavy atom. The van der Waals surface area contributed by atoms with Crippen LogP contribution < -0.4 is 4.89 Å². The zero-order chi connectivity index (χ0) is 69.7. The standard InChI is InChI=1S/C86H148NO8P/c1-6-8-10-12-14-16-18-20-22-24-26-28-30-32-34-36-38-40-42-43-45-47-49-51-53-55-57-59-61-63-65-67-69-71-73-75-77-79-86(89)95-84(83-94-96(90,91)93-81-80-87(3,4)5)82-92-85(88)78-76-74-72-70-68-66-64-62-60-58-56-54-52-50-48-46-44-41-39-37-35-33-31-29-27-25-23-21-19-17-15-13-11-9-7-2/h8,10,14,16,19-22,25-28,32,34,38,40,43,45,49,51,55,57,61,63,84H,6-7,9,11-13,15,17-18,23-24,29-31,33,35-37,39,41-42,44,46-48,50,52-54,56,58-60,62,64-83H2,1-5H3/b10-8-,16-14-,21-19-,22-20-,27-25-,28-26-,34-32-,40-38-,45-43-,51-49-,57-55-,63-61-. The Morgan fingerprint density at radius 3 is 0.885 bits per heavy atom. The van der Waals surface area contributed by atoms with Crippen molar-refractivity contribution >= 4 is 19.8 Å². The highest BCUT2D eigenvalue weighted by atomic mass is 31.2. The van der Waals surface area contributed by atoms with E-state index in [0.717, 1.165) is 128 Å². The molecule has 0 heterocycles. The number of rotatable bonds is 72. The summed E-state index contributed by atoms with van der Waals surface area (Å²) in [6.07, 6.45) is 111. The van der Waals surface area contributed by atoms with Crippen LogP contribution in [0.3, 0.4) is 0 Å². The van der Waals surface area contributed by atoms with Gasteiger partial charge < -0.3 is 27.9 Å². The van der Waals surface area contributed by atoms with Crippen molar-refractivity contribution in [1.29, 1.82) is 0 Å². The van der Waals surface area contributed by atoms with Gasteiger partial charge in [0.05, 0.1) is 27.7 Å². The van der Waals surface area contributed by atoms with Gasteiger partial charge in [0.2, 0.25) is 0 Å². The molecule has 0 aliphatic rings. The van der Waals surface area contributed by atoms with Gasteiger partial charge in [-0.15, -0.1) is 0 Å². The van der Waals surface area contributed by atoms with E-state index in [9.17, 15) is 19.0 Å². The number of nitrogens with zero attached hydrogens (tertiary/aromatic N) is 1. The lowest BCUT2D eigenvalue weighted by atomic mass is 10.0. The highest BCUT2D eigenvalue weighted by Gasteiger charge is 2.22. The predicted molar refractivity (Wildman–Crippen MR) is 415 cm³/mol. The molecular weight excluding hydrogens is 1210 g/mol. The third kappa shape index (κ3) is 78.9. The summed E-state index contributed by atoms with van der Waals surface area (Å²) in [7, 11) is 1.15. The average Bonchev–Trinajstić information content (AvgIpc) is 2.72. The number of phosphoric acid groups is 1. The number of phosphoric ester groups is 1. The molecule has 0 saturated carbocycles. The summed E-state index contributed by atoms with van der Waals surface area (Å²) in [5, 5.41) is 0. The van der Waals surface area contributed by atoms with Crippen molar-refractivity contribution in [3.63, 3.8) is 0 Å². The summed E-state index contributed by atoms with van der Waals surface area (Å²) in [6, 6.07) is 0. The zero-order valence-corrected chi connectivity index (χ0v) is 63.7. The lowest BCUT2D eigenvalue weighted by Gasteiger charge is -2.28. The van der Waals surface area contributed by atoms with Crippen molar-refractivity contribution in [3.05, 3.63) is 146 Å². The molecule has 0 N–H and O–H groups in total. The van der Waals surface area contributed by atoms with Gasteiger partial charge in [0.25, 0.3) is 7.82 Å². The molecule has 0 aliphatic carbocycles. The van der Waals surface area contributed by atoms with Gasteiger partial charge in [0, 0.05) is 12.8 Å². The SMILES string of the molecule is CC/C=C\C/C=C\C/C=C\C/C=C\C/C=C\C/C=C\C/C=C\C/C=C\C/C=C\C/C=C\CCCCCCCCC(=O)OC(COC(=O)CCCCCCCCCCCCCCCCCCCCCCCCC/C=C\C/C=C\CCCCCCC)COP(=O)([O-])OCC[N+](C)(C)C. The van der Waals surface area contributed by atoms with Gasteiger partial charge in [-0.3, -0.25) is 14.2 Å². The Balaban J connectivity index is 4.05. The first-order valence-electron chi connectivity index (χ1n) is 39.5. The molecule has 0 fully saturated rings. The van der Waals surface area contributed by atoms with Crippen LogP contribution in [0.15, 0.2) is 146 Å². The first-order valence-corrected chi connectivity index (χ1v) is 41.0. The Bertz CT molecular complexity index is 2140. The summed E-state index contributed by atoms with van der Waals surface area (Å²) < 4.78 is 34.4. The summed E-state index contributed by atoms with van der Waals surface area (Å²) in [4.78, 5) is 38.2. The van der Waals surface area contributed by atoms with Gasteiger partial charge in [-0.05, 0) is 122 Å². The van der Waals surface area contributed by atoms with Crippen molar-refractivity contribution in [1.82, 2.24) is 0 Å². The Morgan fingerprint density at radius 1 is 0.333 bits per heavy atom. The summed E-state index contributed by atoms with van der Waals surface area (Å²) in [5.41, 5.74) is 0. The van der Waals surface area contributed by atoms with Crippen molar-refractivity contribution in [3.8, 4) is 0 Å². The quantitative estimate of drug-likeness (QED) is 0.0195. The fraction of sp³-hybridized carbons (Fsp3) is 0.698. The number of hydrogen-bond acceptors (Lipinski definition) is 8. The third-order valence-corrected chi connectivity index (χ3v) is 17.8. The minimum absolute atomic E-state index is 0.0396. The van der Waals surface area contributed by atoms with Gasteiger partial charge in [0.15, 0.2) is 6.10 Å². The van der Waals surface area contributed by atoms with E-state index in [1.165, 1.54) is 173 Å². The minimum Gasteiger partial charge on any atom is -0.756 e. The topological polar surface area (TPSA) is 111 Å². The second-order valence-electron chi connectivity index (χ2n) is 27.3. The van der Waals surface area contributed by atoms with Gasteiger partial charge >= 0.3 is 11.9 Å². The van der Waals surface area contributed by atoms with E-state index < -0.39 is 26.5 Å². The molecule has 0 radical (unpaired) electrons. The number of carbonyl (C=O) groups is 2. The van der Waals surface area contributed by atoms with Crippen molar-refractivity contribution in [2.75, 3.05) is 47.5 Å². The lowest BCUT2D eigenvalue weighted by Crippen LogP contribution is -2.37. The molecule has 10 heteroatoms. The number of allylic oxidation sites excluding steroid dienone is 24. The lowest BCUT2D eigenvalue weighted by molar-refractivity contribution is -0.870. The summed E-state index contributed by atoms with van der Waals surface area (Å²) in [5.74, 6) is -0.847. The molecule has 550 valence electrons. The number of ether oxygens (including phenoxy) is 2. The van der Waals surface area contributed by atoms with Crippen LogP contribution in [0.5, 0.6) is 0 Å². The normalized spacial score (nSPS) is 13.9. The molecule has 96 heavy (non-hydrogen) atoms. The number of carbonyl (C=O) groups excluding carboxylic acids is 2. The highest BCUT2D eigenvalue weighted by molar-refractivity contribution is 7.45. The smallest absolute Gasteiger partial charge is 0.306 e. The largest absolute Gasteiger partial charge is 0.756 e. The summed E-state index contributed by atoms with van der Waals surface area (Å²) in [6.45, 7) is 4.12. The molecule has 0 bridgehead atoms. The van der Waals surface area contributed by atoms with Crippen LogP contribution in [-0.4, -0.2) is 70.0 Å². The molecule has 0 rings (SSSR count). The molecule has 0 spiro atoms. The molecule has 2 atom stereocenters. The van der Waals surface area contributed by atoms with E-state index in [0.29, 0.717) is 17.4 Å². The molecule has 0 saturated heterocycles. The molecule has 0 aromatic carbocycles. The second kappa shape index (κ2) is 75.1. The van der Waals surface area contributed by atoms with Crippen LogP contribution in [0.2, 0.25) is 0 Å². The Labute approximate surface area is 593 Å². The molecule has 2 unspecified atom stereocenters. The van der Waals surface area contributed by atoms with E-state index >= 15 is 0 Å². The third-order valence-electron chi connectivity index (χ3n) is 16.8. The van der Waals surface area contributed by atoms with E-state index in [2.05, 4.69) is 160 Å². The number of esters is 2. The van der Waals surface area contributed by atoms with Crippen LogP contribution in [0, 0.1) is 0 Å². The van der Waals surface area contributed by atoms with Gasteiger partial charge in [-0.25, -0.2) is 0 Å². The molecule has 0 amide bonds. The summed E-state index contributed by atoms with van der Waals surface area (Å²) >= 11 is 0. The first-order chi connectivity index (χ1) is 47.0. The van der Waals surface area contributed by atoms with Crippen LogP contribution in [0.25, 0.3) is 0 Å². The highest BCUT2D eigenvalue weighted by Crippen LogP contribution is 2.38. The minimum atomic E-state index is -4.66. The Hall–Kier alpha value is -4.11. The first kappa shape index (κ1) is 91.9. The van der Waals surface area contributed by atoms with Crippen molar-refractivity contribution in [2.24, 2.45) is 0 Å². The molecule has 9 nitrogen and oxygen atoms in total. The predicted octanol–water partition coefficient (Wildman–Crippen LogP) is 25.9. The van der Waals surface area contributed by atoms with Crippen molar-refractivity contribution in [2.45, 2.75) is 341 Å². The zero-order valence-electron chi connectivity index (χ0n) is 62.8. The maximum atomic E-state index is 12.9. The van der Waals surface area contributed by atoms with Gasteiger partial charge in [-0.1, -0.05) is 346 Å². The van der Waals surface area contributed by atoms with E-state index in [1.54, 1.807) is 0 Å². The van der Waals surface area contributed by atoms with Crippen molar-refractivity contribution < 1.29 is 42.1 Å². The number of hydrogen-bond donors (Lipinski definition) is 0. The maximum absolute atomic E-state index is 12.9.